The topological polar surface area (TPSA) is 159 Å². The molecule has 0 aliphatic carbocycles. The van der Waals surface area contributed by atoms with E-state index >= 15 is 0 Å². The third-order valence-electron chi connectivity index (χ3n) is 9.03. The average molecular weight is 661 g/mol. The Hall–Kier alpha value is -3.23. The van der Waals surface area contributed by atoms with Gasteiger partial charge in [0.2, 0.25) is 0 Å². The first-order valence-electron chi connectivity index (χ1n) is 15.6. The largest absolute Gasteiger partial charge is 0.486 e. The Balaban J connectivity index is 1.41. The van der Waals surface area contributed by atoms with Gasteiger partial charge in [0.15, 0.2) is 27.6 Å². The Morgan fingerprint density at radius 1 is 1.04 bits per heavy atom. The van der Waals surface area contributed by atoms with Gasteiger partial charge in [0.05, 0.1) is 35.4 Å². The van der Waals surface area contributed by atoms with Gasteiger partial charge in [-0.05, 0) is 43.4 Å². The van der Waals surface area contributed by atoms with Crippen LogP contribution in [0.1, 0.15) is 46.1 Å². The molecule has 5 rings (SSSR count). The molecule has 2 aromatic carbocycles. The number of aliphatic hydroxyl groups is 1. The molecular weight excluding hydrogens is 616 g/mol. The molecule has 0 spiro atoms. The summed E-state index contributed by atoms with van der Waals surface area (Å²) in [4.78, 5) is 25.9. The maximum atomic E-state index is 14.2. The molecule has 0 saturated carbocycles. The van der Waals surface area contributed by atoms with Crippen molar-refractivity contribution in [2.45, 2.75) is 81.3 Å². The summed E-state index contributed by atoms with van der Waals surface area (Å²) in [5.41, 5.74) is -1.73. The Morgan fingerprint density at radius 3 is 2.46 bits per heavy atom. The van der Waals surface area contributed by atoms with Crippen LogP contribution in [-0.4, -0.2) is 87.8 Å². The Morgan fingerprint density at radius 2 is 1.76 bits per heavy atom. The van der Waals surface area contributed by atoms with Crippen LogP contribution >= 0.6 is 0 Å². The van der Waals surface area contributed by atoms with Gasteiger partial charge in [-0.3, -0.25) is 10.1 Å². The monoisotopic (exact) mass is 660 g/mol. The number of fused-ring (bicyclic) bond motifs is 2. The minimum Gasteiger partial charge on any atom is -0.486 e. The molecule has 252 valence electrons. The van der Waals surface area contributed by atoms with Crippen molar-refractivity contribution >= 4 is 21.7 Å². The summed E-state index contributed by atoms with van der Waals surface area (Å²) >= 11 is 0. The van der Waals surface area contributed by atoms with E-state index in [-0.39, 0.29) is 42.6 Å². The van der Waals surface area contributed by atoms with Gasteiger partial charge in [-0.1, -0.05) is 44.2 Å². The molecule has 46 heavy (non-hydrogen) atoms. The molecular formula is C33H44N2O10S. The van der Waals surface area contributed by atoms with Crippen LogP contribution in [0.15, 0.2) is 53.4 Å². The fourth-order valence-corrected chi connectivity index (χ4v) is 8.53. The zero-order chi connectivity index (χ0) is 33.1. The van der Waals surface area contributed by atoms with Crippen LogP contribution in [0.4, 0.5) is 4.79 Å². The SMILES string of the molecule is CC(=O)CC(C(C)(C)CN[C@@](Cc1ccccc1)(NC(=O)O[C@H]1CO[C@H]2OCC[C@H]21)[C@@H](C)O)S(=O)(=O)c1ccc2c(c1)OCCO2. The summed E-state index contributed by atoms with van der Waals surface area (Å²) in [6.45, 7) is 7.77. The highest BCUT2D eigenvalue weighted by Crippen LogP contribution is 2.38. The maximum absolute atomic E-state index is 14.2. The first-order chi connectivity index (χ1) is 21.8. The molecule has 3 aliphatic rings. The number of sulfone groups is 1. The molecule has 2 saturated heterocycles. The van der Waals surface area contributed by atoms with E-state index in [1.54, 1.807) is 26.8 Å². The van der Waals surface area contributed by atoms with E-state index in [1.165, 1.54) is 19.1 Å². The van der Waals surface area contributed by atoms with Crippen LogP contribution < -0.4 is 20.1 Å². The predicted octanol–water partition coefficient (Wildman–Crippen LogP) is 3.00. The van der Waals surface area contributed by atoms with Gasteiger partial charge in [0, 0.05) is 25.5 Å². The molecule has 2 fully saturated rings. The molecule has 0 radical (unpaired) electrons. The van der Waals surface area contributed by atoms with Gasteiger partial charge in [-0.25, -0.2) is 13.2 Å². The molecule has 3 heterocycles. The number of hydrogen-bond acceptors (Lipinski definition) is 11. The number of ether oxygens (including phenoxy) is 5. The number of carbonyl (C=O) groups is 2. The minimum absolute atomic E-state index is 0.00216. The van der Waals surface area contributed by atoms with E-state index in [2.05, 4.69) is 10.6 Å². The van der Waals surface area contributed by atoms with Crippen LogP contribution in [0.5, 0.6) is 11.5 Å². The van der Waals surface area contributed by atoms with Crippen molar-refractivity contribution in [2.75, 3.05) is 33.0 Å². The highest BCUT2D eigenvalue weighted by molar-refractivity contribution is 7.92. The van der Waals surface area contributed by atoms with E-state index < -0.39 is 50.8 Å². The second-order valence-corrected chi connectivity index (χ2v) is 15.1. The minimum atomic E-state index is -4.08. The third-order valence-corrected chi connectivity index (χ3v) is 11.5. The molecule has 12 nitrogen and oxygen atoms in total. The summed E-state index contributed by atoms with van der Waals surface area (Å²) < 4.78 is 56.5. The number of nitrogens with one attached hydrogen (secondary N) is 2. The summed E-state index contributed by atoms with van der Waals surface area (Å²) in [6, 6.07) is 13.7. The molecule has 2 aromatic rings. The molecule has 1 unspecified atom stereocenters. The van der Waals surface area contributed by atoms with Crippen molar-refractivity contribution in [2.24, 2.45) is 11.3 Å². The van der Waals surface area contributed by atoms with E-state index in [0.717, 1.165) is 5.56 Å². The van der Waals surface area contributed by atoms with E-state index in [1.807, 2.05) is 30.3 Å². The predicted molar refractivity (Wildman–Crippen MR) is 167 cm³/mol. The van der Waals surface area contributed by atoms with Crippen molar-refractivity contribution in [1.29, 1.82) is 0 Å². The number of ketones is 1. The lowest BCUT2D eigenvalue weighted by Crippen LogP contribution is -2.68. The molecule has 0 aromatic heterocycles. The highest BCUT2D eigenvalue weighted by atomic mass is 32.2. The molecule has 13 heteroatoms. The normalized spacial score (nSPS) is 23.5. The van der Waals surface area contributed by atoms with Gasteiger partial charge in [-0.2, -0.15) is 0 Å². The lowest BCUT2D eigenvalue weighted by atomic mass is 9.84. The summed E-state index contributed by atoms with van der Waals surface area (Å²) in [5, 5.41) is 16.3. The van der Waals surface area contributed by atoms with Crippen molar-refractivity contribution in [3.63, 3.8) is 0 Å². The lowest BCUT2D eigenvalue weighted by Gasteiger charge is -2.42. The van der Waals surface area contributed by atoms with Crippen LogP contribution in [0.3, 0.4) is 0 Å². The zero-order valence-corrected chi connectivity index (χ0v) is 27.5. The second-order valence-electron chi connectivity index (χ2n) is 13.0. The number of aliphatic hydroxyl groups excluding tert-OH is 1. The maximum Gasteiger partial charge on any atom is 0.409 e. The van der Waals surface area contributed by atoms with Crippen LogP contribution in [0.2, 0.25) is 0 Å². The Kier molecular flexibility index (Phi) is 10.3. The standard InChI is InChI=1S/C33H44N2O10S/c1-21(36)16-29(46(39,40)24-10-11-26-27(17-24)42-15-14-41-26)32(3,4)20-34-33(22(2)37,18-23-8-6-5-7-9-23)35-31(38)45-28-19-44-30-25(28)12-13-43-30/h5-11,17,22,25,28-30,34,37H,12-16,18-20H2,1-4H3,(H,35,38)/t22-,25+,28+,29?,30-,33+/m1/s1. The van der Waals surface area contributed by atoms with E-state index in [9.17, 15) is 23.1 Å². The smallest absolute Gasteiger partial charge is 0.409 e. The van der Waals surface area contributed by atoms with Gasteiger partial charge < -0.3 is 34.1 Å². The first kappa shape index (κ1) is 34.1. The van der Waals surface area contributed by atoms with Crippen molar-refractivity contribution < 1.29 is 46.8 Å². The summed E-state index contributed by atoms with van der Waals surface area (Å²) in [7, 11) is -4.08. The van der Waals surface area contributed by atoms with Crippen LogP contribution in [-0.2, 0) is 35.3 Å². The molecule has 1 amide bonds. The van der Waals surface area contributed by atoms with Gasteiger partial charge in [-0.15, -0.1) is 0 Å². The first-order valence-corrected chi connectivity index (χ1v) is 17.2. The number of hydrogen-bond donors (Lipinski definition) is 3. The summed E-state index contributed by atoms with van der Waals surface area (Å²) in [6.07, 6.45) is -2.21. The van der Waals surface area contributed by atoms with Crippen LogP contribution in [0.25, 0.3) is 0 Å². The molecule has 0 bridgehead atoms. The van der Waals surface area contributed by atoms with E-state index in [4.69, 9.17) is 23.7 Å². The quantitative estimate of drug-likeness (QED) is 0.271. The lowest BCUT2D eigenvalue weighted by molar-refractivity contribution is -0.117. The second kappa shape index (κ2) is 13.9. The van der Waals surface area contributed by atoms with Crippen molar-refractivity contribution in [3.8, 4) is 11.5 Å². The van der Waals surface area contributed by atoms with Crippen LogP contribution in [0, 0.1) is 11.3 Å². The number of carbonyl (C=O) groups excluding carboxylic acids is 2. The number of amides is 1. The number of rotatable bonds is 13. The Bertz CT molecular complexity index is 1500. The molecule has 3 N–H and O–H groups in total. The molecule has 3 aliphatic heterocycles. The van der Waals surface area contributed by atoms with Crippen molar-refractivity contribution in [1.82, 2.24) is 10.6 Å². The van der Waals surface area contributed by atoms with Crippen molar-refractivity contribution in [3.05, 3.63) is 54.1 Å². The summed E-state index contributed by atoms with van der Waals surface area (Å²) in [5.74, 6) is 0.410. The van der Waals surface area contributed by atoms with E-state index in [0.29, 0.717) is 37.7 Å². The number of benzene rings is 2. The fraction of sp³-hybridized carbons (Fsp3) is 0.576. The average Bonchev–Trinajstić information content (AvgIpc) is 3.64. The Labute approximate surface area is 270 Å². The highest BCUT2D eigenvalue weighted by Gasteiger charge is 2.47. The van der Waals surface area contributed by atoms with Gasteiger partial charge in [0.1, 0.15) is 30.8 Å². The number of Topliss-reactive ketones (excluding diaryl/α,β-unsaturated/α-hetero) is 1. The number of alkyl carbamates (subject to hydrolysis) is 1. The molecule has 6 atom stereocenters. The fourth-order valence-electron chi connectivity index (χ4n) is 6.30. The van der Waals surface area contributed by atoms with Gasteiger partial charge in [0.25, 0.3) is 0 Å². The third kappa shape index (κ3) is 7.49. The zero-order valence-electron chi connectivity index (χ0n) is 26.7. The van der Waals surface area contributed by atoms with Gasteiger partial charge >= 0.3 is 6.09 Å².